The lowest BCUT2D eigenvalue weighted by atomic mass is 10.0. The number of amides is 1. The quantitative estimate of drug-likeness (QED) is 0.709. The van der Waals surface area contributed by atoms with Gasteiger partial charge in [0, 0.05) is 19.9 Å². The lowest BCUT2D eigenvalue weighted by molar-refractivity contribution is -0.180. The summed E-state index contributed by atoms with van der Waals surface area (Å²) in [5.74, 6) is -4.69. The Balaban J connectivity index is 2.98. The molecule has 2 N–H and O–H groups in total. The van der Waals surface area contributed by atoms with Crippen molar-refractivity contribution in [1.29, 1.82) is 0 Å². The van der Waals surface area contributed by atoms with Gasteiger partial charge in [0.25, 0.3) is 5.95 Å². The van der Waals surface area contributed by atoms with Crippen LogP contribution in [0.25, 0.3) is 0 Å². The summed E-state index contributed by atoms with van der Waals surface area (Å²) in [6.07, 6.45) is -7.17. The predicted octanol–water partition coefficient (Wildman–Crippen LogP) is 0.326. The first-order chi connectivity index (χ1) is 10.5. The van der Waals surface area contributed by atoms with E-state index in [0.717, 1.165) is 19.9 Å². The van der Waals surface area contributed by atoms with Crippen LogP contribution in [0.1, 0.15) is 13.8 Å². The molecular formula is C12H14F3NO7. The highest BCUT2D eigenvalue weighted by Gasteiger charge is 2.45. The van der Waals surface area contributed by atoms with Crippen LogP contribution >= 0.6 is 0 Å². The number of hydrogen-bond donors (Lipinski definition) is 2. The summed E-state index contributed by atoms with van der Waals surface area (Å²) in [7, 11) is 0. The van der Waals surface area contributed by atoms with Crippen LogP contribution in [0.3, 0.4) is 0 Å². The zero-order valence-corrected chi connectivity index (χ0v) is 12.0. The number of esters is 2. The Hall–Kier alpha value is -2.46. The first-order valence-corrected chi connectivity index (χ1v) is 6.26. The van der Waals surface area contributed by atoms with E-state index in [0.29, 0.717) is 0 Å². The monoisotopic (exact) mass is 341 g/mol. The van der Waals surface area contributed by atoms with Crippen LogP contribution in [-0.2, 0) is 28.6 Å². The standard InChI is InChI=1S/C12H14F3NO7/c1-5(17)21-4-8-10(22-6(2)18)7(3-9(19)23-8)16-11(20)12(13,14)15/h3,7-8,10,19H,4H2,1-2H3,(H,16,20)/t7-,8-,10+/m1/s1. The number of carbonyl (C=O) groups is 3. The van der Waals surface area contributed by atoms with Crippen molar-refractivity contribution in [3.8, 4) is 0 Å². The molecule has 23 heavy (non-hydrogen) atoms. The Morgan fingerprint density at radius 1 is 1.30 bits per heavy atom. The van der Waals surface area contributed by atoms with Crippen LogP contribution in [0, 0.1) is 0 Å². The van der Waals surface area contributed by atoms with Crippen molar-refractivity contribution in [2.75, 3.05) is 6.61 Å². The highest BCUT2D eigenvalue weighted by atomic mass is 19.4. The third kappa shape index (κ3) is 5.68. The minimum atomic E-state index is -5.17. The molecule has 1 amide bonds. The first-order valence-electron chi connectivity index (χ1n) is 6.26. The highest BCUT2D eigenvalue weighted by molar-refractivity contribution is 5.82. The fourth-order valence-electron chi connectivity index (χ4n) is 1.77. The minimum absolute atomic E-state index is 0.510. The van der Waals surface area contributed by atoms with Crippen LogP contribution in [-0.4, -0.2) is 54.0 Å². The van der Waals surface area contributed by atoms with E-state index in [1.807, 2.05) is 0 Å². The average molecular weight is 341 g/mol. The molecule has 0 radical (unpaired) electrons. The maximum Gasteiger partial charge on any atom is 0.471 e. The smallest absolute Gasteiger partial charge is 0.471 e. The molecule has 0 aromatic rings. The zero-order chi connectivity index (χ0) is 17.8. The number of hydrogen-bond acceptors (Lipinski definition) is 7. The molecule has 1 aliphatic rings. The third-order valence-electron chi connectivity index (χ3n) is 2.62. The van der Waals surface area contributed by atoms with Gasteiger partial charge in [-0.1, -0.05) is 0 Å². The van der Waals surface area contributed by atoms with E-state index in [1.54, 1.807) is 5.32 Å². The summed E-state index contributed by atoms with van der Waals surface area (Å²) in [6, 6.07) is -1.53. The van der Waals surface area contributed by atoms with E-state index in [9.17, 15) is 32.7 Å². The summed E-state index contributed by atoms with van der Waals surface area (Å²) in [5.41, 5.74) is 0. The number of aliphatic hydroxyl groups excluding tert-OH is 1. The maximum absolute atomic E-state index is 12.3. The molecule has 0 saturated heterocycles. The Labute approximate surface area is 128 Å². The normalized spacial score (nSPS) is 24.0. The molecule has 0 bridgehead atoms. The molecule has 0 aromatic carbocycles. The molecule has 0 aliphatic carbocycles. The summed E-state index contributed by atoms with van der Waals surface area (Å²) in [5, 5.41) is 11.0. The van der Waals surface area contributed by atoms with Gasteiger partial charge in [-0.3, -0.25) is 14.4 Å². The molecule has 130 valence electrons. The van der Waals surface area contributed by atoms with Crippen LogP contribution in [0.4, 0.5) is 13.2 Å². The number of alkyl halides is 3. The molecule has 0 fully saturated rings. The summed E-state index contributed by atoms with van der Waals surface area (Å²) in [4.78, 5) is 32.9. The van der Waals surface area contributed by atoms with Gasteiger partial charge in [-0.25, -0.2) is 0 Å². The van der Waals surface area contributed by atoms with E-state index in [1.165, 1.54) is 0 Å². The van der Waals surface area contributed by atoms with Crippen molar-refractivity contribution >= 4 is 17.8 Å². The fourth-order valence-corrected chi connectivity index (χ4v) is 1.77. The second-order valence-electron chi connectivity index (χ2n) is 4.53. The van der Waals surface area contributed by atoms with Crippen LogP contribution in [0.2, 0.25) is 0 Å². The fraction of sp³-hybridized carbons (Fsp3) is 0.583. The molecule has 0 unspecified atom stereocenters. The average Bonchev–Trinajstić information content (AvgIpc) is 2.37. The second kappa shape index (κ2) is 7.20. The van der Waals surface area contributed by atoms with Gasteiger partial charge in [-0.15, -0.1) is 0 Å². The van der Waals surface area contributed by atoms with E-state index in [2.05, 4.69) is 4.74 Å². The van der Waals surface area contributed by atoms with Gasteiger partial charge in [-0.05, 0) is 0 Å². The van der Waals surface area contributed by atoms with Crippen LogP contribution < -0.4 is 5.32 Å². The van der Waals surface area contributed by atoms with Crippen molar-refractivity contribution in [2.45, 2.75) is 38.3 Å². The van der Waals surface area contributed by atoms with E-state index in [4.69, 9.17) is 9.47 Å². The summed E-state index contributed by atoms with van der Waals surface area (Å²) in [6.45, 7) is 1.55. The molecule has 0 spiro atoms. The van der Waals surface area contributed by atoms with Crippen molar-refractivity contribution < 1.29 is 46.9 Å². The van der Waals surface area contributed by atoms with E-state index >= 15 is 0 Å². The number of rotatable bonds is 4. The summed E-state index contributed by atoms with van der Waals surface area (Å²) >= 11 is 0. The number of halogens is 3. The van der Waals surface area contributed by atoms with Gasteiger partial charge in [-0.2, -0.15) is 13.2 Å². The number of nitrogens with one attached hydrogen (secondary N) is 1. The maximum atomic E-state index is 12.3. The number of ether oxygens (including phenoxy) is 3. The molecule has 3 atom stereocenters. The minimum Gasteiger partial charge on any atom is -0.481 e. The first kappa shape index (κ1) is 18.6. The van der Waals surface area contributed by atoms with Gasteiger partial charge >= 0.3 is 24.0 Å². The Morgan fingerprint density at radius 2 is 1.91 bits per heavy atom. The summed E-state index contributed by atoms with van der Waals surface area (Å²) < 4.78 is 51.3. The van der Waals surface area contributed by atoms with Gasteiger partial charge in [0.1, 0.15) is 6.61 Å². The van der Waals surface area contributed by atoms with Crippen LogP contribution in [0.15, 0.2) is 12.0 Å². The Bertz CT molecular complexity index is 517. The van der Waals surface area contributed by atoms with Crippen molar-refractivity contribution in [1.82, 2.24) is 5.32 Å². The molecule has 1 heterocycles. The molecule has 8 nitrogen and oxygen atoms in total. The number of aliphatic hydroxyl groups is 1. The van der Waals surface area contributed by atoms with Gasteiger partial charge in [0.2, 0.25) is 0 Å². The lowest BCUT2D eigenvalue weighted by Gasteiger charge is -2.34. The topological polar surface area (TPSA) is 111 Å². The van der Waals surface area contributed by atoms with Crippen molar-refractivity contribution in [3.63, 3.8) is 0 Å². The van der Waals surface area contributed by atoms with Gasteiger partial charge < -0.3 is 24.6 Å². The molecule has 1 rings (SSSR count). The van der Waals surface area contributed by atoms with Crippen molar-refractivity contribution in [2.24, 2.45) is 0 Å². The van der Waals surface area contributed by atoms with Crippen molar-refractivity contribution in [3.05, 3.63) is 12.0 Å². The molecule has 1 aliphatic heterocycles. The lowest BCUT2D eigenvalue weighted by Crippen LogP contribution is -2.56. The Kier molecular flexibility index (Phi) is 5.82. The molecule has 0 aromatic heterocycles. The largest absolute Gasteiger partial charge is 0.481 e. The molecule has 11 heteroatoms. The molecule has 0 saturated carbocycles. The predicted molar refractivity (Wildman–Crippen MR) is 65.8 cm³/mol. The SMILES string of the molecule is CC(=O)OC[C@H]1OC(O)=C[C@@H](NC(=O)C(F)(F)F)[C@@H]1OC(C)=O. The highest BCUT2D eigenvalue weighted by Crippen LogP contribution is 2.22. The van der Waals surface area contributed by atoms with Gasteiger partial charge in [0.15, 0.2) is 12.2 Å². The molecular weight excluding hydrogens is 327 g/mol. The Morgan fingerprint density at radius 3 is 2.39 bits per heavy atom. The van der Waals surface area contributed by atoms with E-state index < -0.39 is 54.8 Å². The third-order valence-corrected chi connectivity index (χ3v) is 2.62. The van der Waals surface area contributed by atoms with E-state index in [-0.39, 0.29) is 0 Å². The number of carbonyl (C=O) groups excluding carboxylic acids is 3. The van der Waals surface area contributed by atoms with Crippen LogP contribution in [0.5, 0.6) is 0 Å². The van der Waals surface area contributed by atoms with Gasteiger partial charge in [0.05, 0.1) is 6.04 Å². The zero-order valence-electron chi connectivity index (χ0n) is 12.0. The second-order valence-corrected chi connectivity index (χ2v) is 4.53.